The van der Waals surface area contributed by atoms with Crippen molar-refractivity contribution < 1.29 is 4.79 Å². The van der Waals surface area contributed by atoms with E-state index in [1.807, 2.05) is 26.0 Å². The lowest BCUT2D eigenvalue weighted by atomic mass is 10.0. The van der Waals surface area contributed by atoms with Crippen molar-refractivity contribution in [2.75, 3.05) is 0 Å². The van der Waals surface area contributed by atoms with E-state index in [0.29, 0.717) is 6.29 Å². The van der Waals surface area contributed by atoms with Crippen LogP contribution in [0.5, 0.6) is 0 Å². The van der Waals surface area contributed by atoms with E-state index in [9.17, 15) is 9.59 Å². The van der Waals surface area contributed by atoms with Crippen LogP contribution in [0.2, 0.25) is 0 Å². The van der Waals surface area contributed by atoms with Crippen molar-refractivity contribution in [2.24, 2.45) is 7.05 Å². The maximum atomic E-state index is 11.8. The topological polar surface area (TPSA) is 39.1 Å². The molecule has 0 fully saturated rings. The van der Waals surface area contributed by atoms with Crippen LogP contribution in [0, 0.1) is 13.8 Å². The molecule has 2 aromatic rings. The van der Waals surface area contributed by atoms with Gasteiger partial charge in [0.1, 0.15) is 0 Å². The van der Waals surface area contributed by atoms with Crippen molar-refractivity contribution in [3.05, 3.63) is 45.2 Å². The molecule has 0 atom stereocenters. The molecule has 3 heteroatoms. The Hall–Kier alpha value is -1.90. The van der Waals surface area contributed by atoms with Crippen molar-refractivity contribution in [2.45, 2.75) is 13.8 Å². The number of hydrogen-bond acceptors (Lipinski definition) is 2. The first kappa shape index (κ1) is 10.6. The van der Waals surface area contributed by atoms with E-state index < -0.39 is 0 Å². The predicted molar refractivity (Wildman–Crippen MR) is 64.1 cm³/mol. The van der Waals surface area contributed by atoms with Gasteiger partial charge in [-0.1, -0.05) is 12.1 Å². The second kappa shape index (κ2) is 3.59. The summed E-state index contributed by atoms with van der Waals surface area (Å²) in [6.45, 7) is 3.99. The Morgan fingerprint density at radius 1 is 1.25 bits per heavy atom. The molecule has 0 radical (unpaired) electrons. The molecule has 0 saturated heterocycles. The van der Waals surface area contributed by atoms with Crippen molar-refractivity contribution in [3.8, 4) is 0 Å². The third-order valence-electron chi connectivity index (χ3n) is 3.06. The lowest BCUT2D eigenvalue weighted by Crippen LogP contribution is -2.21. The molecule has 3 nitrogen and oxygen atoms in total. The van der Waals surface area contributed by atoms with Crippen LogP contribution in [0.4, 0.5) is 0 Å². The Labute approximate surface area is 93.3 Å². The first-order chi connectivity index (χ1) is 7.56. The van der Waals surface area contributed by atoms with Gasteiger partial charge in [0.25, 0.3) is 5.56 Å². The fourth-order valence-corrected chi connectivity index (χ4v) is 1.99. The molecule has 2 rings (SSSR count). The molecule has 1 aromatic heterocycles. The molecule has 0 unspecified atom stereocenters. The Bertz CT molecular complexity index is 638. The predicted octanol–water partition coefficient (Wildman–Crippen LogP) is 1.97. The van der Waals surface area contributed by atoms with Gasteiger partial charge >= 0.3 is 0 Å². The third kappa shape index (κ3) is 1.36. The van der Waals surface area contributed by atoms with Crippen LogP contribution >= 0.6 is 0 Å². The lowest BCUT2D eigenvalue weighted by molar-refractivity contribution is 0.112. The highest BCUT2D eigenvalue weighted by Gasteiger charge is 2.08. The van der Waals surface area contributed by atoms with E-state index in [0.717, 1.165) is 22.0 Å². The van der Waals surface area contributed by atoms with Gasteiger partial charge in [-0.05, 0) is 36.4 Å². The van der Waals surface area contributed by atoms with Crippen molar-refractivity contribution in [1.82, 2.24) is 4.57 Å². The van der Waals surface area contributed by atoms with Crippen LogP contribution in [0.25, 0.3) is 10.9 Å². The second-order valence-electron chi connectivity index (χ2n) is 4.03. The van der Waals surface area contributed by atoms with E-state index in [1.54, 1.807) is 17.7 Å². The van der Waals surface area contributed by atoms with Crippen LogP contribution in [-0.2, 0) is 7.05 Å². The van der Waals surface area contributed by atoms with Gasteiger partial charge in [-0.3, -0.25) is 9.59 Å². The van der Waals surface area contributed by atoms with Crippen LogP contribution in [0.3, 0.4) is 0 Å². The molecule has 0 N–H and O–H groups in total. The Morgan fingerprint density at radius 2 is 1.94 bits per heavy atom. The number of rotatable bonds is 1. The summed E-state index contributed by atoms with van der Waals surface area (Å²) >= 11 is 0. The highest BCUT2D eigenvalue weighted by Crippen LogP contribution is 2.20. The van der Waals surface area contributed by atoms with E-state index in [2.05, 4.69) is 0 Å². The summed E-state index contributed by atoms with van der Waals surface area (Å²) in [4.78, 5) is 22.6. The van der Waals surface area contributed by atoms with Crippen LogP contribution in [0.1, 0.15) is 21.5 Å². The minimum atomic E-state index is -0.240. The molecule has 0 aliphatic carbocycles. The number of pyridine rings is 1. The summed E-state index contributed by atoms with van der Waals surface area (Å²) in [5.74, 6) is 0. The average molecular weight is 215 g/mol. The molecular weight excluding hydrogens is 202 g/mol. The van der Waals surface area contributed by atoms with Gasteiger partial charge in [-0.2, -0.15) is 0 Å². The van der Waals surface area contributed by atoms with Crippen molar-refractivity contribution in [1.29, 1.82) is 0 Å². The third-order valence-corrected chi connectivity index (χ3v) is 3.06. The molecule has 0 aliphatic heterocycles. The molecule has 16 heavy (non-hydrogen) atoms. The quantitative estimate of drug-likeness (QED) is 0.682. The van der Waals surface area contributed by atoms with Gasteiger partial charge in [-0.15, -0.1) is 0 Å². The molecule has 0 saturated carbocycles. The second-order valence-corrected chi connectivity index (χ2v) is 4.03. The number of fused-ring (bicyclic) bond motifs is 1. The Morgan fingerprint density at radius 3 is 2.56 bits per heavy atom. The Kier molecular flexibility index (Phi) is 2.38. The van der Waals surface area contributed by atoms with Crippen molar-refractivity contribution in [3.63, 3.8) is 0 Å². The molecule has 0 amide bonds. The first-order valence-corrected chi connectivity index (χ1v) is 5.11. The molecule has 0 aliphatic rings. The zero-order valence-electron chi connectivity index (χ0n) is 9.57. The van der Waals surface area contributed by atoms with E-state index >= 15 is 0 Å². The highest BCUT2D eigenvalue weighted by atomic mass is 16.1. The van der Waals surface area contributed by atoms with E-state index in [1.165, 1.54) is 0 Å². The number of carbonyl (C=O) groups excluding carboxylic acids is 1. The highest BCUT2D eigenvalue weighted by molar-refractivity contribution is 5.88. The summed E-state index contributed by atoms with van der Waals surface area (Å²) < 4.78 is 1.54. The molecule has 0 bridgehead atoms. The minimum absolute atomic E-state index is 0.207. The average Bonchev–Trinajstić information content (AvgIpc) is 2.28. The number of carbonyl (C=O) groups is 1. The molecular formula is C13H13NO2. The van der Waals surface area contributed by atoms with Gasteiger partial charge in [0, 0.05) is 7.05 Å². The number of aromatic nitrogens is 1. The van der Waals surface area contributed by atoms with Crippen LogP contribution in [-0.4, -0.2) is 10.9 Å². The van der Waals surface area contributed by atoms with E-state index in [-0.39, 0.29) is 11.1 Å². The zero-order valence-corrected chi connectivity index (χ0v) is 9.57. The zero-order chi connectivity index (χ0) is 11.9. The standard InChI is InChI=1S/C13H13NO2/c1-8-4-5-10-6-11(7-15)13(16)14(3)12(10)9(8)2/h4-7H,1-3H3. The Balaban J connectivity index is 3.05. The molecule has 1 aromatic carbocycles. The summed E-state index contributed by atoms with van der Waals surface area (Å²) in [6.07, 6.45) is 0.608. The van der Waals surface area contributed by atoms with Gasteiger partial charge in [-0.25, -0.2) is 0 Å². The van der Waals surface area contributed by atoms with Gasteiger partial charge < -0.3 is 4.57 Å². The monoisotopic (exact) mass is 215 g/mol. The van der Waals surface area contributed by atoms with Gasteiger partial charge in [0.2, 0.25) is 0 Å². The molecule has 0 spiro atoms. The minimum Gasteiger partial charge on any atom is -0.310 e. The molecule has 82 valence electrons. The maximum absolute atomic E-state index is 11.8. The largest absolute Gasteiger partial charge is 0.310 e. The SMILES string of the molecule is Cc1ccc2cc(C=O)c(=O)n(C)c2c1C. The first-order valence-electron chi connectivity index (χ1n) is 5.11. The van der Waals surface area contributed by atoms with Gasteiger partial charge in [0.05, 0.1) is 11.1 Å². The summed E-state index contributed by atoms with van der Waals surface area (Å²) in [5.41, 5.74) is 3.08. The van der Waals surface area contributed by atoms with Gasteiger partial charge in [0.15, 0.2) is 6.29 Å². The van der Waals surface area contributed by atoms with Crippen LogP contribution < -0.4 is 5.56 Å². The van der Waals surface area contributed by atoms with E-state index in [4.69, 9.17) is 0 Å². The summed E-state index contributed by atoms with van der Waals surface area (Å²) in [5, 5.41) is 0.923. The van der Waals surface area contributed by atoms with Crippen LogP contribution in [0.15, 0.2) is 23.0 Å². The van der Waals surface area contributed by atoms with Crippen molar-refractivity contribution >= 4 is 17.2 Å². The normalized spacial score (nSPS) is 10.7. The number of benzene rings is 1. The smallest absolute Gasteiger partial charge is 0.261 e. The number of nitrogens with zero attached hydrogens (tertiary/aromatic N) is 1. The summed E-state index contributed by atoms with van der Waals surface area (Å²) in [6, 6.07) is 5.58. The number of hydrogen-bond donors (Lipinski definition) is 0. The maximum Gasteiger partial charge on any atom is 0.261 e. The lowest BCUT2D eigenvalue weighted by Gasteiger charge is -2.10. The number of aldehydes is 1. The number of aryl methyl sites for hydroxylation is 3. The summed E-state index contributed by atoms with van der Waals surface area (Å²) in [7, 11) is 1.70. The fourth-order valence-electron chi connectivity index (χ4n) is 1.99. The fraction of sp³-hybridized carbons (Fsp3) is 0.231. The molecule has 1 heterocycles.